The molecule has 0 atom stereocenters. The lowest BCUT2D eigenvalue weighted by atomic mass is 10.1. The number of nitrogens with one attached hydrogen (secondary N) is 1. The van der Waals surface area contributed by atoms with E-state index in [1.807, 2.05) is 37.2 Å². The van der Waals surface area contributed by atoms with E-state index >= 15 is 0 Å². The Labute approximate surface area is 157 Å². The predicted molar refractivity (Wildman–Crippen MR) is 102 cm³/mol. The van der Waals surface area contributed by atoms with E-state index < -0.39 is 0 Å². The topological polar surface area (TPSA) is 85.8 Å². The molecule has 2 aromatic rings. The molecule has 140 valence electrons. The van der Waals surface area contributed by atoms with Crippen molar-refractivity contribution in [3.8, 4) is 5.75 Å². The Hall–Kier alpha value is -3.19. The van der Waals surface area contributed by atoms with Gasteiger partial charge >= 0.3 is 0 Å². The van der Waals surface area contributed by atoms with Gasteiger partial charge in [0.2, 0.25) is 5.91 Å². The molecule has 2 amide bonds. The van der Waals surface area contributed by atoms with Crippen LogP contribution in [0.5, 0.6) is 5.75 Å². The first-order chi connectivity index (χ1) is 12.9. The number of benzene rings is 1. The number of nitrogens with zero attached hydrogens (tertiary/aromatic N) is 3. The highest BCUT2D eigenvalue weighted by molar-refractivity contribution is 6.00. The van der Waals surface area contributed by atoms with Gasteiger partial charge in [-0.05, 0) is 37.9 Å². The fourth-order valence-corrected chi connectivity index (χ4v) is 2.90. The Morgan fingerprint density at radius 2 is 2.07 bits per heavy atom. The molecule has 1 aromatic heterocycles. The van der Waals surface area contributed by atoms with E-state index in [1.54, 1.807) is 11.0 Å². The molecular formula is C20H22N4O3. The average Bonchev–Trinajstić information content (AvgIpc) is 3.07. The number of fused-ring (bicyclic) bond motifs is 1. The maximum atomic E-state index is 12.6. The van der Waals surface area contributed by atoms with Crippen LogP contribution in [0.15, 0.2) is 48.7 Å². The first kappa shape index (κ1) is 18.6. The van der Waals surface area contributed by atoms with Gasteiger partial charge in [-0.25, -0.2) is 4.98 Å². The number of amides is 2. The molecule has 1 aliphatic rings. The standard InChI is InChI=1S/C20H22N4O3/c1-23(2)10-4-7-19(26)22-17-6-3-5-14-12-24(13-16(14)17)20(27)18-9-8-15(25)11-21-18/h3-9,11,25H,10,12-13H2,1-2H3,(H,22,26)/b7-4+. The average molecular weight is 366 g/mol. The summed E-state index contributed by atoms with van der Waals surface area (Å²) >= 11 is 0. The Balaban J connectivity index is 1.71. The van der Waals surface area contributed by atoms with E-state index in [4.69, 9.17) is 0 Å². The van der Waals surface area contributed by atoms with Crippen molar-refractivity contribution in [1.29, 1.82) is 0 Å². The molecule has 1 aliphatic heterocycles. The minimum atomic E-state index is -0.214. The number of aromatic hydroxyl groups is 1. The molecule has 7 nitrogen and oxygen atoms in total. The van der Waals surface area contributed by atoms with Crippen LogP contribution in [-0.4, -0.2) is 52.3 Å². The van der Waals surface area contributed by atoms with Gasteiger partial charge in [0.05, 0.1) is 6.20 Å². The van der Waals surface area contributed by atoms with E-state index in [9.17, 15) is 14.7 Å². The summed E-state index contributed by atoms with van der Waals surface area (Å²) in [5.41, 5.74) is 2.91. The summed E-state index contributed by atoms with van der Waals surface area (Å²) < 4.78 is 0. The van der Waals surface area contributed by atoms with Gasteiger partial charge in [0.15, 0.2) is 0 Å². The third-order valence-corrected chi connectivity index (χ3v) is 4.24. The largest absolute Gasteiger partial charge is 0.506 e. The van der Waals surface area contributed by atoms with Crippen molar-refractivity contribution >= 4 is 17.5 Å². The maximum Gasteiger partial charge on any atom is 0.273 e. The van der Waals surface area contributed by atoms with Crippen molar-refractivity contribution in [2.75, 3.05) is 26.0 Å². The second-order valence-corrected chi connectivity index (χ2v) is 6.66. The minimum Gasteiger partial charge on any atom is -0.506 e. The summed E-state index contributed by atoms with van der Waals surface area (Å²) in [5.74, 6) is -0.395. The van der Waals surface area contributed by atoms with Crippen LogP contribution >= 0.6 is 0 Å². The van der Waals surface area contributed by atoms with Crippen molar-refractivity contribution in [2.45, 2.75) is 13.1 Å². The number of hydrogen-bond acceptors (Lipinski definition) is 5. The third-order valence-electron chi connectivity index (χ3n) is 4.24. The molecule has 3 rings (SSSR count). The molecule has 2 heterocycles. The van der Waals surface area contributed by atoms with Gasteiger partial charge in [0.1, 0.15) is 11.4 Å². The highest BCUT2D eigenvalue weighted by Gasteiger charge is 2.27. The van der Waals surface area contributed by atoms with Crippen LogP contribution in [0.4, 0.5) is 5.69 Å². The number of carbonyl (C=O) groups is 2. The van der Waals surface area contributed by atoms with Gasteiger partial charge in [-0.15, -0.1) is 0 Å². The Bertz CT molecular complexity index is 875. The van der Waals surface area contributed by atoms with Gasteiger partial charge in [-0.3, -0.25) is 9.59 Å². The van der Waals surface area contributed by atoms with E-state index in [1.165, 1.54) is 24.4 Å². The van der Waals surface area contributed by atoms with E-state index in [2.05, 4.69) is 10.3 Å². The van der Waals surface area contributed by atoms with Crippen molar-refractivity contribution in [3.05, 3.63) is 65.5 Å². The molecule has 27 heavy (non-hydrogen) atoms. The smallest absolute Gasteiger partial charge is 0.273 e. The fraction of sp³-hybridized carbons (Fsp3) is 0.250. The first-order valence-corrected chi connectivity index (χ1v) is 8.61. The van der Waals surface area contributed by atoms with E-state index in [0.717, 1.165) is 11.1 Å². The molecular weight excluding hydrogens is 344 g/mol. The summed E-state index contributed by atoms with van der Waals surface area (Å²) in [4.78, 5) is 32.4. The second-order valence-electron chi connectivity index (χ2n) is 6.66. The van der Waals surface area contributed by atoms with Crippen LogP contribution in [0.3, 0.4) is 0 Å². The Kier molecular flexibility index (Phi) is 5.52. The quantitative estimate of drug-likeness (QED) is 0.791. The van der Waals surface area contributed by atoms with Crippen molar-refractivity contribution < 1.29 is 14.7 Å². The van der Waals surface area contributed by atoms with Crippen LogP contribution in [-0.2, 0) is 17.9 Å². The van der Waals surface area contributed by atoms with Crippen molar-refractivity contribution in [3.63, 3.8) is 0 Å². The Morgan fingerprint density at radius 1 is 1.26 bits per heavy atom. The minimum absolute atomic E-state index is 0.0172. The summed E-state index contributed by atoms with van der Waals surface area (Å²) in [5, 5.41) is 12.2. The third kappa shape index (κ3) is 4.51. The lowest BCUT2D eigenvalue weighted by Gasteiger charge is -2.15. The molecule has 0 saturated heterocycles. The molecule has 1 aromatic carbocycles. The first-order valence-electron chi connectivity index (χ1n) is 8.61. The summed E-state index contributed by atoms with van der Waals surface area (Å²) in [7, 11) is 3.86. The van der Waals surface area contributed by atoms with Crippen LogP contribution < -0.4 is 5.32 Å². The predicted octanol–water partition coefficient (Wildman–Crippen LogP) is 2.00. The zero-order valence-electron chi connectivity index (χ0n) is 15.3. The van der Waals surface area contributed by atoms with Crippen LogP contribution in [0.2, 0.25) is 0 Å². The molecule has 0 radical (unpaired) electrons. The number of carbonyl (C=O) groups excluding carboxylic acids is 2. The number of pyridine rings is 1. The maximum absolute atomic E-state index is 12.6. The fourth-order valence-electron chi connectivity index (χ4n) is 2.90. The summed E-state index contributed by atoms with van der Waals surface area (Å²) in [6.45, 7) is 1.54. The Morgan fingerprint density at radius 3 is 2.78 bits per heavy atom. The molecule has 0 fully saturated rings. The summed E-state index contributed by atoms with van der Waals surface area (Å²) in [6, 6.07) is 8.59. The number of anilines is 1. The van der Waals surface area contributed by atoms with Crippen LogP contribution in [0, 0.1) is 0 Å². The number of likely N-dealkylation sites (N-methyl/N-ethyl adjacent to an activating group) is 1. The zero-order chi connectivity index (χ0) is 19.4. The number of aromatic nitrogens is 1. The lowest BCUT2D eigenvalue weighted by Crippen LogP contribution is -2.26. The van der Waals surface area contributed by atoms with Gasteiger partial charge in [-0.1, -0.05) is 18.2 Å². The second kappa shape index (κ2) is 8.01. The highest BCUT2D eigenvalue weighted by Crippen LogP contribution is 2.30. The van der Waals surface area contributed by atoms with Gasteiger partial charge in [-0.2, -0.15) is 0 Å². The normalized spacial score (nSPS) is 13.2. The molecule has 0 aliphatic carbocycles. The van der Waals surface area contributed by atoms with Crippen molar-refractivity contribution in [1.82, 2.24) is 14.8 Å². The van der Waals surface area contributed by atoms with Gasteiger partial charge in [0.25, 0.3) is 5.91 Å². The van der Waals surface area contributed by atoms with Crippen LogP contribution in [0.1, 0.15) is 21.6 Å². The van der Waals surface area contributed by atoms with Crippen molar-refractivity contribution in [2.24, 2.45) is 0 Å². The highest BCUT2D eigenvalue weighted by atomic mass is 16.3. The van der Waals surface area contributed by atoms with E-state index in [-0.39, 0.29) is 23.3 Å². The molecule has 0 bridgehead atoms. The molecule has 2 N–H and O–H groups in total. The lowest BCUT2D eigenvalue weighted by molar-refractivity contribution is -0.111. The van der Waals surface area contributed by atoms with Crippen LogP contribution in [0.25, 0.3) is 0 Å². The molecule has 0 saturated carbocycles. The summed E-state index contributed by atoms with van der Waals surface area (Å²) in [6.07, 6.45) is 4.56. The molecule has 0 unspecified atom stereocenters. The van der Waals surface area contributed by atoms with E-state index in [0.29, 0.717) is 25.3 Å². The SMILES string of the molecule is CN(C)C/C=C/C(=O)Nc1cccc2c1CN(C(=O)c1ccc(O)cn1)C2. The van der Waals surface area contributed by atoms with Gasteiger partial charge < -0.3 is 20.2 Å². The zero-order valence-corrected chi connectivity index (χ0v) is 15.3. The van der Waals surface area contributed by atoms with Gasteiger partial charge in [0, 0.05) is 37.0 Å². The molecule has 0 spiro atoms. The number of rotatable bonds is 5. The molecule has 7 heteroatoms. The monoisotopic (exact) mass is 366 g/mol. The number of hydrogen-bond donors (Lipinski definition) is 2.